The zero-order valence-corrected chi connectivity index (χ0v) is 14.6. The third kappa shape index (κ3) is 3.09. The fourth-order valence-electron chi connectivity index (χ4n) is 3.46. The summed E-state index contributed by atoms with van der Waals surface area (Å²) in [4.78, 5) is 16.6. The number of carbonyl (C=O) groups is 1. The Morgan fingerprint density at radius 1 is 0.852 bits per heavy atom. The summed E-state index contributed by atoms with van der Waals surface area (Å²) in [5.41, 5.74) is 8.64. The summed E-state index contributed by atoms with van der Waals surface area (Å²) in [6, 6.07) is 25.8. The van der Waals surface area contributed by atoms with Crippen LogP contribution in [-0.4, -0.2) is 20.6 Å². The molecule has 0 aliphatic heterocycles. The minimum absolute atomic E-state index is 0.125. The molecule has 4 aromatic rings. The highest BCUT2D eigenvalue weighted by molar-refractivity contribution is 5.94. The summed E-state index contributed by atoms with van der Waals surface area (Å²) < 4.78 is 1.74. The van der Waals surface area contributed by atoms with Crippen molar-refractivity contribution in [1.82, 2.24) is 9.55 Å². The number of benzene rings is 3. The second-order valence-electron chi connectivity index (χ2n) is 6.37. The SMILES string of the molecule is NC(=O)c1nc2ccccc2n1[C@@H](c1ccccc1)[C@H](O)c1ccccc1. The van der Waals surface area contributed by atoms with E-state index in [1.165, 1.54) is 0 Å². The molecule has 0 aliphatic rings. The lowest BCUT2D eigenvalue weighted by molar-refractivity contribution is 0.0969. The Hall–Kier alpha value is -3.44. The molecule has 3 aromatic carbocycles. The van der Waals surface area contributed by atoms with Gasteiger partial charge in [-0.05, 0) is 23.3 Å². The molecule has 134 valence electrons. The topological polar surface area (TPSA) is 81.1 Å². The van der Waals surface area contributed by atoms with Gasteiger partial charge in [0, 0.05) is 0 Å². The van der Waals surface area contributed by atoms with Crippen molar-refractivity contribution in [2.75, 3.05) is 0 Å². The summed E-state index contributed by atoms with van der Waals surface area (Å²) in [5, 5.41) is 11.3. The first-order valence-electron chi connectivity index (χ1n) is 8.71. The van der Waals surface area contributed by atoms with Gasteiger partial charge in [-0.3, -0.25) is 4.79 Å². The second-order valence-corrected chi connectivity index (χ2v) is 6.37. The Morgan fingerprint density at radius 2 is 1.41 bits per heavy atom. The van der Waals surface area contributed by atoms with Crippen LogP contribution < -0.4 is 5.73 Å². The lowest BCUT2D eigenvalue weighted by Gasteiger charge is -2.27. The van der Waals surface area contributed by atoms with Crippen LogP contribution in [0.3, 0.4) is 0 Å². The van der Waals surface area contributed by atoms with Gasteiger partial charge in [0.2, 0.25) is 0 Å². The van der Waals surface area contributed by atoms with E-state index in [4.69, 9.17) is 5.73 Å². The molecule has 4 rings (SSSR count). The number of amides is 1. The van der Waals surface area contributed by atoms with Gasteiger partial charge in [0.15, 0.2) is 5.82 Å². The summed E-state index contributed by atoms with van der Waals surface area (Å²) in [6.45, 7) is 0. The average Bonchev–Trinajstić information content (AvgIpc) is 3.09. The molecular weight excluding hydrogens is 338 g/mol. The van der Waals surface area contributed by atoms with Gasteiger partial charge in [-0.15, -0.1) is 0 Å². The van der Waals surface area contributed by atoms with Crippen LogP contribution in [0.5, 0.6) is 0 Å². The van der Waals surface area contributed by atoms with Crippen LogP contribution >= 0.6 is 0 Å². The van der Waals surface area contributed by atoms with Crippen molar-refractivity contribution >= 4 is 16.9 Å². The van der Waals surface area contributed by atoms with E-state index in [-0.39, 0.29) is 5.82 Å². The number of nitrogens with zero attached hydrogens (tertiary/aromatic N) is 2. The van der Waals surface area contributed by atoms with Crippen molar-refractivity contribution in [2.45, 2.75) is 12.1 Å². The zero-order chi connectivity index (χ0) is 18.8. The largest absolute Gasteiger partial charge is 0.386 e. The number of hydrogen-bond donors (Lipinski definition) is 2. The Morgan fingerprint density at radius 3 is 2.04 bits per heavy atom. The quantitative estimate of drug-likeness (QED) is 0.574. The van der Waals surface area contributed by atoms with E-state index < -0.39 is 18.1 Å². The van der Waals surface area contributed by atoms with E-state index in [1.54, 1.807) is 4.57 Å². The second kappa shape index (κ2) is 7.05. The van der Waals surface area contributed by atoms with Crippen LogP contribution in [-0.2, 0) is 0 Å². The number of para-hydroxylation sites is 2. The molecule has 0 unspecified atom stereocenters. The van der Waals surface area contributed by atoms with E-state index in [1.807, 2.05) is 84.9 Å². The Labute approximate surface area is 156 Å². The number of carbonyl (C=O) groups excluding carboxylic acids is 1. The number of aliphatic hydroxyl groups excluding tert-OH is 1. The molecule has 3 N–H and O–H groups in total. The standard InChI is InChI=1S/C22H19N3O2/c23-21(27)22-24-17-13-7-8-14-18(17)25(22)19(15-9-3-1-4-10-15)20(26)16-11-5-2-6-12-16/h1-14,19-20,26H,(H2,23,27)/t19-,20+/m0/s1. The van der Waals surface area contributed by atoms with Crippen LogP contribution in [0.2, 0.25) is 0 Å². The smallest absolute Gasteiger partial charge is 0.284 e. The molecule has 0 bridgehead atoms. The van der Waals surface area contributed by atoms with Gasteiger partial charge in [0.05, 0.1) is 17.1 Å². The van der Waals surface area contributed by atoms with Crippen molar-refractivity contribution in [3.8, 4) is 0 Å². The number of rotatable bonds is 5. The molecule has 2 atom stereocenters. The van der Waals surface area contributed by atoms with Crippen LogP contribution in [0, 0.1) is 0 Å². The Balaban J connectivity index is 1.99. The maximum atomic E-state index is 12.1. The predicted molar refractivity (Wildman–Crippen MR) is 104 cm³/mol. The van der Waals surface area contributed by atoms with Crippen LogP contribution in [0.15, 0.2) is 84.9 Å². The maximum Gasteiger partial charge on any atom is 0.284 e. The molecule has 5 heteroatoms. The Bertz CT molecular complexity index is 1070. The lowest BCUT2D eigenvalue weighted by atomic mass is 9.95. The van der Waals surface area contributed by atoms with Gasteiger partial charge in [-0.1, -0.05) is 72.8 Å². The number of nitrogens with two attached hydrogens (primary N) is 1. The molecule has 1 aromatic heterocycles. The first-order valence-corrected chi connectivity index (χ1v) is 8.71. The summed E-state index contributed by atoms with van der Waals surface area (Å²) in [7, 11) is 0. The number of aromatic nitrogens is 2. The number of aliphatic hydroxyl groups is 1. The van der Waals surface area contributed by atoms with E-state index in [0.717, 1.165) is 16.6 Å². The highest BCUT2D eigenvalue weighted by Crippen LogP contribution is 2.36. The van der Waals surface area contributed by atoms with Crippen molar-refractivity contribution < 1.29 is 9.90 Å². The first-order chi connectivity index (χ1) is 13.2. The van der Waals surface area contributed by atoms with Crippen molar-refractivity contribution in [1.29, 1.82) is 0 Å². The normalized spacial score (nSPS) is 13.4. The van der Waals surface area contributed by atoms with E-state index in [9.17, 15) is 9.90 Å². The molecule has 0 radical (unpaired) electrons. The van der Waals surface area contributed by atoms with E-state index >= 15 is 0 Å². The summed E-state index contributed by atoms with van der Waals surface area (Å²) >= 11 is 0. The summed E-state index contributed by atoms with van der Waals surface area (Å²) in [5.74, 6) is -0.507. The minimum atomic E-state index is -0.885. The van der Waals surface area contributed by atoms with Gasteiger partial charge in [-0.25, -0.2) is 4.98 Å². The predicted octanol–water partition coefficient (Wildman–Crippen LogP) is 3.46. The van der Waals surface area contributed by atoms with E-state index in [2.05, 4.69) is 4.98 Å². The molecule has 0 saturated carbocycles. The highest BCUT2D eigenvalue weighted by Gasteiger charge is 2.30. The zero-order valence-electron chi connectivity index (χ0n) is 14.6. The van der Waals surface area contributed by atoms with Gasteiger partial charge in [-0.2, -0.15) is 0 Å². The molecule has 27 heavy (non-hydrogen) atoms. The third-order valence-corrected chi connectivity index (χ3v) is 4.68. The lowest BCUT2D eigenvalue weighted by Crippen LogP contribution is -2.26. The van der Waals surface area contributed by atoms with Gasteiger partial charge < -0.3 is 15.4 Å². The number of fused-ring (bicyclic) bond motifs is 1. The van der Waals surface area contributed by atoms with Crippen molar-refractivity contribution in [2.24, 2.45) is 5.73 Å². The molecule has 0 aliphatic carbocycles. The number of hydrogen-bond acceptors (Lipinski definition) is 3. The number of primary amides is 1. The van der Waals surface area contributed by atoms with Crippen LogP contribution in [0.25, 0.3) is 11.0 Å². The fourth-order valence-corrected chi connectivity index (χ4v) is 3.46. The molecule has 5 nitrogen and oxygen atoms in total. The fraction of sp³-hybridized carbons (Fsp3) is 0.0909. The molecule has 1 amide bonds. The number of imidazole rings is 1. The van der Waals surface area contributed by atoms with Gasteiger partial charge >= 0.3 is 0 Å². The molecule has 1 heterocycles. The van der Waals surface area contributed by atoms with Crippen LogP contribution in [0.1, 0.15) is 33.9 Å². The van der Waals surface area contributed by atoms with Crippen molar-refractivity contribution in [3.63, 3.8) is 0 Å². The Kier molecular flexibility index (Phi) is 4.44. The average molecular weight is 357 g/mol. The maximum absolute atomic E-state index is 12.1. The highest BCUT2D eigenvalue weighted by atomic mass is 16.3. The monoisotopic (exact) mass is 357 g/mol. The van der Waals surface area contributed by atoms with Gasteiger partial charge in [0.25, 0.3) is 5.91 Å². The van der Waals surface area contributed by atoms with E-state index in [0.29, 0.717) is 5.52 Å². The van der Waals surface area contributed by atoms with Crippen molar-refractivity contribution in [3.05, 3.63) is 102 Å². The third-order valence-electron chi connectivity index (χ3n) is 4.68. The molecule has 0 spiro atoms. The molecular formula is C22H19N3O2. The van der Waals surface area contributed by atoms with Crippen LogP contribution in [0.4, 0.5) is 0 Å². The minimum Gasteiger partial charge on any atom is -0.386 e. The summed E-state index contributed by atoms with van der Waals surface area (Å²) in [6.07, 6.45) is -0.885. The molecule has 0 saturated heterocycles. The van der Waals surface area contributed by atoms with Gasteiger partial charge in [0.1, 0.15) is 6.10 Å². The first kappa shape index (κ1) is 17.0. The molecule has 0 fully saturated rings.